The van der Waals surface area contributed by atoms with Crippen molar-refractivity contribution in [2.75, 3.05) is 20.3 Å². The Labute approximate surface area is 192 Å². The molecule has 2 heterocycles. The molecule has 8 heteroatoms. The van der Waals surface area contributed by atoms with E-state index in [1.807, 2.05) is 45.0 Å². The fraction of sp³-hybridized carbons (Fsp3) is 0.280. The van der Waals surface area contributed by atoms with Crippen LogP contribution in [0.5, 0.6) is 11.6 Å². The van der Waals surface area contributed by atoms with E-state index >= 15 is 0 Å². The standard InChI is InChI=1S/C25H26N4O4/c1-16-8-5-10-21(18(16)3)33-24-20(14-19(15-26)23(30)27-11-7-13-32-4)25(31)29-12-6-9-17(2)22(29)28-24/h5-6,8-10,12,14H,7,11,13H2,1-4H3,(H,27,30)/b19-14+. The molecule has 0 atom stereocenters. The highest BCUT2D eigenvalue weighted by Gasteiger charge is 2.18. The molecule has 2 aromatic heterocycles. The van der Waals surface area contributed by atoms with E-state index in [4.69, 9.17) is 9.47 Å². The van der Waals surface area contributed by atoms with E-state index in [1.54, 1.807) is 25.4 Å². The van der Waals surface area contributed by atoms with Crippen LogP contribution in [0.2, 0.25) is 0 Å². The van der Waals surface area contributed by atoms with Crippen molar-refractivity contribution in [3.8, 4) is 17.7 Å². The number of ether oxygens (including phenoxy) is 2. The fourth-order valence-electron chi connectivity index (χ4n) is 3.24. The molecule has 0 aliphatic heterocycles. The summed E-state index contributed by atoms with van der Waals surface area (Å²) in [6.07, 6.45) is 3.42. The summed E-state index contributed by atoms with van der Waals surface area (Å²) >= 11 is 0. The maximum Gasteiger partial charge on any atom is 0.269 e. The van der Waals surface area contributed by atoms with Crippen molar-refractivity contribution in [2.45, 2.75) is 27.2 Å². The predicted octanol–water partition coefficient (Wildman–Crippen LogP) is 3.47. The smallest absolute Gasteiger partial charge is 0.269 e. The van der Waals surface area contributed by atoms with E-state index in [0.717, 1.165) is 16.7 Å². The summed E-state index contributed by atoms with van der Waals surface area (Å²) in [5.41, 5.74) is 2.49. The summed E-state index contributed by atoms with van der Waals surface area (Å²) in [5, 5.41) is 12.3. The minimum atomic E-state index is -0.583. The normalized spacial score (nSPS) is 11.3. The number of carbonyl (C=O) groups is 1. The molecule has 0 radical (unpaired) electrons. The van der Waals surface area contributed by atoms with Gasteiger partial charge in [0.1, 0.15) is 28.6 Å². The molecule has 8 nitrogen and oxygen atoms in total. The highest BCUT2D eigenvalue weighted by Crippen LogP contribution is 2.28. The highest BCUT2D eigenvalue weighted by molar-refractivity contribution is 6.01. The number of methoxy groups -OCH3 is 1. The molecule has 1 N–H and O–H groups in total. The molecule has 0 aliphatic rings. The zero-order chi connectivity index (χ0) is 24.0. The Morgan fingerprint density at radius 1 is 1.21 bits per heavy atom. The van der Waals surface area contributed by atoms with Crippen molar-refractivity contribution in [1.29, 1.82) is 5.26 Å². The fourth-order valence-corrected chi connectivity index (χ4v) is 3.24. The lowest BCUT2D eigenvalue weighted by Crippen LogP contribution is -2.27. The van der Waals surface area contributed by atoms with Gasteiger partial charge < -0.3 is 14.8 Å². The number of aromatic nitrogens is 2. The summed E-state index contributed by atoms with van der Waals surface area (Å²) in [4.78, 5) is 30.5. The van der Waals surface area contributed by atoms with Gasteiger partial charge in [-0.3, -0.25) is 14.0 Å². The van der Waals surface area contributed by atoms with Crippen LogP contribution in [0.15, 0.2) is 46.9 Å². The molecule has 33 heavy (non-hydrogen) atoms. The molecule has 0 bridgehead atoms. The van der Waals surface area contributed by atoms with Gasteiger partial charge in [-0.1, -0.05) is 18.2 Å². The van der Waals surface area contributed by atoms with E-state index in [-0.39, 0.29) is 17.0 Å². The molecule has 0 spiro atoms. The van der Waals surface area contributed by atoms with Gasteiger partial charge >= 0.3 is 0 Å². The Bertz CT molecular complexity index is 1320. The SMILES string of the molecule is COCCCNC(=O)/C(C#N)=C/c1c(Oc2cccc(C)c2C)nc2c(C)cccn2c1=O. The number of amides is 1. The minimum absolute atomic E-state index is 0.0163. The second kappa shape index (κ2) is 10.6. The van der Waals surface area contributed by atoms with Crippen LogP contribution >= 0.6 is 0 Å². The van der Waals surface area contributed by atoms with Crippen LogP contribution < -0.4 is 15.6 Å². The van der Waals surface area contributed by atoms with Gasteiger partial charge in [-0.25, -0.2) is 0 Å². The molecule has 1 aromatic carbocycles. The van der Waals surface area contributed by atoms with Gasteiger partial charge in [0.05, 0.1) is 0 Å². The van der Waals surface area contributed by atoms with Crippen LogP contribution in [0, 0.1) is 32.1 Å². The number of rotatable bonds is 8. The Balaban J connectivity index is 2.13. The lowest BCUT2D eigenvalue weighted by atomic mass is 10.1. The number of fused-ring (bicyclic) bond motifs is 1. The lowest BCUT2D eigenvalue weighted by molar-refractivity contribution is -0.117. The number of nitrogens with zero attached hydrogens (tertiary/aromatic N) is 3. The number of benzene rings is 1. The number of nitriles is 1. The first kappa shape index (κ1) is 23.7. The molecule has 3 rings (SSSR count). The topological polar surface area (TPSA) is 106 Å². The van der Waals surface area contributed by atoms with Crippen LogP contribution in [-0.2, 0) is 9.53 Å². The first-order chi connectivity index (χ1) is 15.9. The van der Waals surface area contributed by atoms with Gasteiger partial charge in [0.15, 0.2) is 0 Å². The van der Waals surface area contributed by atoms with E-state index in [9.17, 15) is 14.9 Å². The molecule has 3 aromatic rings. The number of carbonyl (C=O) groups excluding carboxylic acids is 1. The maximum absolute atomic E-state index is 13.4. The van der Waals surface area contributed by atoms with Gasteiger partial charge in [0.2, 0.25) is 5.88 Å². The molecule has 0 saturated carbocycles. The number of hydrogen-bond donors (Lipinski definition) is 1. The van der Waals surface area contributed by atoms with Crippen LogP contribution in [-0.4, -0.2) is 35.6 Å². The molecule has 0 unspecified atom stereocenters. The van der Waals surface area contributed by atoms with Crippen LogP contribution in [0.4, 0.5) is 0 Å². The third-order valence-electron chi connectivity index (χ3n) is 5.28. The van der Waals surface area contributed by atoms with Crippen molar-refractivity contribution in [3.63, 3.8) is 0 Å². The average Bonchev–Trinajstić information content (AvgIpc) is 2.80. The number of nitrogens with one attached hydrogen (secondary N) is 1. The molecular formula is C25H26N4O4. The summed E-state index contributed by atoms with van der Waals surface area (Å²) in [5.74, 6) is -0.0139. The van der Waals surface area contributed by atoms with Crippen LogP contribution in [0.1, 0.15) is 28.7 Å². The zero-order valence-corrected chi connectivity index (χ0v) is 19.1. The van der Waals surface area contributed by atoms with Crippen molar-refractivity contribution in [3.05, 3.63) is 74.7 Å². The summed E-state index contributed by atoms with van der Waals surface area (Å²) in [6, 6.07) is 11.0. The first-order valence-corrected chi connectivity index (χ1v) is 10.5. The van der Waals surface area contributed by atoms with Gasteiger partial charge in [0, 0.05) is 26.5 Å². The Morgan fingerprint density at radius 3 is 2.70 bits per heavy atom. The lowest BCUT2D eigenvalue weighted by Gasteiger charge is -2.14. The van der Waals surface area contributed by atoms with E-state index in [1.165, 1.54) is 10.5 Å². The molecule has 0 saturated heterocycles. The van der Waals surface area contributed by atoms with E-state index < -0.39 is 11.5 Å². The molecule has 0 fully saturated rings. The molecule has 170 valence electrons. The Hall–Kier alpha value is -3.96. The monoisotopic (exact) mass is 446 g/mol. The Morgan fingerprint density at radius 2 is 1.97 bits per heavy atom. The van der Waals surface area contributed by atoms with Crippen molar-refractivity contribution in [1.82, 2.24) is 14.7 Å². The number of aryl methyl sites for hydroxylation is 2. The van der Waals surface area contributed by atoms with E-state index in [0.29, 0.717) is 31.0 Å². The number of pyridine rings is 1. The van der Waals surface area contributed by atoms with Gasteiger partial charge in [-0.15, -0.1) is 0 Å². The number of hydrogen-bond acceptors (Lipinski definition) is 6. The summed E-state index contributed by atoms with van der Waals surface area (Å²) < 4.78 is 12.4. The van der Waals surface area contributed by atoms with Crippen molar-refractivity contribution >= 4 is 17.6 Å². The molecular weight excluding hydrogens is 420 g/mol. The maximum atomic E-state index is 13.4. The molecule has 0 aliphatic carbocycles. The van der Waals surface area contributed by atoms with Crippen molar-refractivity contribution < 1.29 is 14.3 Å². The average molecular weight is 447 g/mol. The third-order valence-corrected chi connectivity index (χ3v) is 5.28. The van der Waals surface area contributed by atoms with Crippen LogP contribution in [0.3, 0.4) is 0 Å². The second-order valence-electron chi connectivity index (χ2n) is 7.59. The minimum Gasteiger partial charge on any atom is -0.438 e. The highest BCUT2D eigenvalue weighted by atomic mass is 16.5. The molecule has 1 amide bonds. The second-order valence-corrected chi connectivity index (χ2v) is 7.59. The first-order valence-electron chi connectivity index (χ1n) is 10.5. The van der Waals surface area contributed by atoms with Crippen LogP contribution in [0.25, 0.3) is 11.7 Å². The quantitative estimate of drug-likeness (QED) is 0.323. The van der Waals surface area contributed by atoms with Gasteiger partial charge in [-0.05, 0) is 62.1 Å². The summed E-state index contributed by atoms with van der Waals surface area (Å²) in [7, 11) is 1.57. The summed E-state index contributed by atoms with van der Waals surface area (Å²) in [6.45, 7) is 6.53. The zero-order valence-electron chi connectivity index (χ0n) is 19.1. The third kappa shape index (κ3) is 5.27. The Kier molecular flexibility index (Phi) is 7.59. The largest absolute Gasteiger partial charge is 0.438 e. The predicted molar refractivity (Wildman–Crippen MR) is 125 cm³/mol. The van der Waals surface area contributed by atoms with Gasteiger partial charge in [-0.2, -0.15) is 10.2 Å². The van der Waals surface area contributed by atoms with Gasteiger partial charge in [0.25, 0.3) is 11.5 Å². The van der Waals surface area contributed by atoms with E-state index in [2.05, 4.69) is 10.3 Å². The van der Waals surface area contributed by atoms with Crippen molar-refractivity contribution in [2.24, 2.45) is 0 Å².